The summed E-state index contributed by atoms with van der Waals surface area (Å²) < 4.78 is 5.59. The molecular weight excluding hydrogens is 228 g/mol. The van der Waals surface area contributed by atoms with E-state index in [4.69, 9.17) is 4.74 Å². The van der Waals surface area contributed by atoms with Crippen LogP contribution in [0.25, 0.3) is 0 Å². The summed E-state index contributed by atoms with van der Waals surface area (Å²) in [4.78, 5) is 24.1. The molecule has 0 unspecified atom stereocenters. The summed E-state index contributed by atoms with van der Waals surface area (Å²) in [6.45, 7) is 6.14. The van der Waals surface area contributed by atoms with Crippen molar-refractivity contribution in [3.05, 3.63) is 12.2 Å². The Morgan fingerprint density at radius 1 is 1.28 bits per heavy atom. The maximum Gasteiger partial charge on any atom is 0.309 e. The summed E-state index contributed by atoms with van der Waals surface area (Å²) in [6, 6.07) is 0. The van der Waals surface area contributed by atoms with Crippen molar-refractivity contribution >= 4 is 11.8 Å². The zero-order valence-electron chi connectivity index (χ0n) is 11.2. The Balaban J connectivity index is 2.06. The molecule has 3 nitrogen and oxygen atoms in total. The van der Waals surface area contributed by atoms with E-state index in [-0.39, 0.29) is 35.6 Å². The van der Waals surface area contributed by atoms with Gasteiger partial charge in [0.15, 0.2) is 5.78 Å². The van der Waals surface area contributed by atoms with E-state index in [0.29, 0.717) is 5.92 Å². The third-order valence-corrected chi connectivity index (χ3v) is 5.48. The molecule has 0 N–H and O–H groups in total. The van der Waals surface area contributed by atoms with E-state index in [1.807, 2.05) is 19.9 Å². The summed E-state index contributed by atoms with van der Waals surface area (Å²) in [5.41, 5.74) is -0.527. The number of rotatable bonds is 0. The summed E-state index contributed by atoms with van der Waals surface area (Å²) >= 11 is 0. The Morgan fingerprint density at radius 2 is 2.00 bits per heavy atom. The van der Waals surface area contributed by atoms with Gasteiger partial charge in [-0.2, -0.15) is 0 Å². The third kappa shape index (κ3) is 1.30. The molecule has 1 saturated carbocycles. The van der Waals surface area contributed by atoms with Crippen LogP contribution in [-0.2, 0) is 14.3 Å². The van der Waals surface area contributed by atoms with Crippen LogP contribution in [-0.4, -0.2) is 17.9 Å². The summed E-state index contributed by atoms with van der Waals surface area (Å²) in [7, 11) is 0. The van der Waals surface area contributed by atoms with Gasteiger partial charge in [-0.1, -0.05) is 19.9 Å². The van der Waals surface area contributed by atoms with E-state index in [2.05, 4.69) is 6.92 Å². The maximum atomic E-state index is 12.3. The van der Waals surface area contributed by atoms with Gasteiger partial charge in [0, 0.05) is 5.92 Å². The fourth-order valence-electron chi connectivity index (χ4n) is 4.21. The molecule has 0 aromatic heterocycles. The van der Waals surface area contributed by atoms with Crippen LogP contribution < -0.4 is 0 Å². The van der Waals surface area contributed by atoms with Crippen molar-refractivity contribution in [3.8, 4) is 0 Å². The van der Waals surface area contributed by atoms with Crippen molar-refractivity contribution in [2.75, 3.05) is 0 Å². The molecule has 3 aliphatic rings. The highest BCUT2D eigenvalue weighted by Crippen LogP contribution is 2.54. The molecule has 3 rings (SSSR count). The van der Waals surface area contributed by atoms with E-state index < -0.39 is 5.41 Å². The Morgan fingerprint density at radius 3 is 2.72 bits per heavy atom. The van der Waals surface area contributed by atoms with E-state index in [0.717, 1.165) is 12.8 Å². The molecule has 1 aliphatic heterocycles. The van der Waals surface area contributed by atoms with Crippen molar-refractivity contribution in [3.63, 3.8) is 0 Å². The van der Waals surface area contributed by atoms with Crippen molar-refractivity contribution in [1.82, 2.24) is 0 Å². The molecule has 0 amide bonds. The molecule has 0 spiro atoms. The number of hydrogen-bond donors (Lipinski definition) is 0. The second-order valence-corrected chi connectivity index (χ2v) is 6.40. The highest BCUT2D eigenvalue weighted by molar-refractivity contribution is 5.98. The fraction of sp³-hybridized carbons (Fsp3) is 0.733. The van der Waals surface area contributed by atoms with Gasteiger partial charge in [0.1, 0.15) is 6.10 Å². The van der Waals surface area contributed by atoms with Crippen LogP contribution in [0.2, 0.25) is 0 Å². The molecule has 18 heavy (non-hydrogen) atoms. The average molecular weight is 248 g/mol. The smallest absolute Gasteiger partial charge is 0.309 e. The molecule has 0 bridgehead atoms. The van der Waals surface area contributed by atoms with Crippen LogP contribution >= 0.6 is 0 Å². The number of carbonyl (C=O) groups is 2. The molecule has 1 saturated heterocycles. The molecule has 0 aromatic carbocycles. The molecule has 6 atom stereocenters. The van der Waals surface area contributed by atoms with Crippen LogP contribution in [0.3, 0.4) is 0 Å². The molecule has 1 heterocycles. The number of fused-ring (bicyclic) bond motifs is 3. The number of esters is 1. The predicted octanol–water partition coefficient (Wildman–Crippen LogP) is 2.36. The lowest BCUT2D eigenvalue weighted by molar-refractivity contribution is -0.152. The number of ether oxygens (including phenoxy) is 1. The standard InChI is InChI=1S/C15H20O3/c1-8-4-5-10-9(2)14(17)18-13(10)15(3)11(8)6-7-12(15)16/h6-11,13H,4-5H2,1-3H3/t8-,9+,10-,11-,13+,15-/m1/s1. The first-order chi connectivity index (χ1) is 8.46. The molecule has 0 aromatic rings. The topological polar surface area (TPSA) is 43.4 Å². The van der Waals surface area contributed by atoms with Crippen LogP contribution in [0.1, 0.15) is 33.6 Å². The SMILES string of the molecule is C[C@@H]1CC[C@@H]2[C@H](C)C(=O)O[C@@H]2[C@@]2(C)C(=O)C=C[C@H]12. The van der Waals surface area contributed by atoms with E-state index in [1.165, 1.54) is 0 Å². The summed E-state index contributed by atoms with van der Waals surface area (Å²) in [5, 5.41) is 0. The molecule has 2 fully saturated rings. The first kappa shape index (κ1) is 11.9. The lowest BCUT2D eigenvalue weighted by Crippen LogP contribution is -2.45. The van der Waals surface area contributed by atoms with Gasteiger partial charge in [0.2, 0.25) is 0 Å². The molecule has 3 heteroatoms. The van der Waals surface area contributed by atoms with Gasteiger partial charge in [-0.15, -0.1) is 0 Å². The molecule has 98 valence electrons. The lowest BCUT2D eigenvalue weighted by Gasteiger charge is -2.36. The minimum atomic E-state index is -0.527. The zero-order valence-corrected chi connectivity index (χ0v) is 11.2. The number of ketones is 1. The minimum Gasteiger partial charge on any atom is -0.461 e. The first-order valence-electron chi connectivity index (χ1n) is 6.89. The fourth-order valence-corrected chi connectivity index (χ4v) is 4.21. The van der Waals surface area contributed by atoms with Gasteiger partial charge in [-0.25, -0.2) is 0 Å². The second kappa shape index (κ2) is 3.69. The third-order valence-electron chi connectivity index (χ3n) is 5.48. The van der Waals surface area contributed by atoms with Gasteiger partial charge >= 0.3 is 5.97 Å². The monoisotopic (exact) mass is 248 g/mol. The molecule has 2 aliphatic carbocycles. The van der Waals surface area contributed by atoms with E-state index >= 15 is 0 Å². The largest absolute Gasteiger partial charge is 0.461 e. The summed E-state index contributed by atoms with van der Waals surface area (Å²) in [5.74, 6) is 0.856. The van der Waals surface area contributed by atoms with Crippen LogP contribution in [0, 0.1) is 29.1 Å². The van der Waals surface area contributed by atoms with Gasteiger partial charge in [0.25, 0.3) is 0 Å². The Bertz CT molecular complexity index is 439. The zero-order chi connectivity index (χ0) is 13.1. The average Bonchev–Trinajstić information content (AvgIpc) is 2.75. The van der Waals surface area contributed by atoms with Crippen LogP contribution in [0.5, 0.6) is 0 Å². The predicted molar refractivity (Wildman–Crippen MR) is 66.7 cm³/mol. The maximum absolute atomic E-state index is 12.3. The van der Waals surface area contributed by atoms with Gasteiger partial charge in [-0.05, 0) is 37.7 Å². The molecule has 0 radical (unpaired) electrons. The highest BCUT2D eigenvalue weighted by Gasteiger charge is 2.60. The normalized spacial score (nSPS) is 50.7. The number of carbonyl (C=O) groups excluding carboxylic acids is 2. The van der Waals surface area contributed by atoms with Gasteiger partial charge in [-0.3, -0.25) is 9.59 Å². The van der Waals surface area contributed by atoms with Crippen molar-refractivity contribution in [1.29, 1.82) is 0 Å². The number of hydrogen-bond acceptors (Lipinski definition) is 3. The van der Waals surface area contributed by atoms with Crippen molar-refractivity contribution < 1.29 is 14.3 Å². The minimum absolute atomic E-state index is 0.0637. The van der Waals surface area contributed by atoms with Gasteiger partial charge in [0.05, 0.1) is 11.3 Å². The second-order valence-electron chi connectivity index (χ2n) is 6.40. The van der Waals surface area contributed by atoms with Crippen molar-refractivity contribution in [2.24, 2.45) is 29.1 Å². The number of allylic oxidation sites excluding steroid dienone is 2. The van der Waals surface area contributed by atoms with Crippen LogP contribution in [0.15, 0.2) is 12.2 Å². The lowest BCUT2D eigenvalue weighted by atomic mass is 9.67. The Kier molecular flexibility index (Phi) is 2.45. The Hall–Kier alpha value is -1.12. The van der Waals surface area contributed by atoms with E-state index in [9.17, 15) is 9.59 Å². The highest BCUT2D eigenvalue weighted by atomic mass is 16.6. The molecular formula is C15H20O3. The van der Waals surface area contributed by atoms with Gasteiger partial charge < -0.3 is 4.74 Å². The first-order valence-corrected chi connectivity index (χ1v) is 6.89. The van der Waals surface area contributed by atoms with E-state index in [1.54, 1.807) is 6.08 Å². The van der Waals surface area contributed by atoms with Crippen LogP contribution in [0.4, 0.5) is 0 Å². The quantitative estimate of drug-likeness (QED) is 0.618. The van der Waals surface area contributed by atoms with Crippen molar-refractivity contribution in [2.45, 2.75) is 39.7 Å². The summed E-state index contributed by atoms with van der Waals surface area (Å²) in [6.07, 6.45) is 5.57. The Labute approximate surface area is 108 Å².